The van der Waals surface area contributed by atoms with E-state index in [0.717, 1.165) is 0 Å². The largest absolute Gasteiger partial charge is 0.164 e. The van der Waals surface area contributed by atoms with Crippen LogP contribution >= 0.6 is 0 Å². The fraction of sp³-hybridized carbons (Fsp3) is 0.375. The fourth-order valence-electron chi connectivity index (χ4n) is 4.46. The van der Waals surface area contributed by atoms with Crippen LogP contribution in [-0.4, -0.2) is 0 Å². The van der Waals surface area contributed by atoms with Gasteiger partial charge in [-0.05, 0) is 37.2 Å². The molecule has 1 heteroatoms. The van der Waals surface area contributed by atoms with Crippen LogP contribution in [0.5, 0.6) is 0 Å². The molecule has 0 aliphatic heterocycles. The van der Waals surface area contributed by atoms with Gasteiger partial charge in [-0.1, -0.05) is 67.6 Å². The molecule has 0 amide bonds. The topological polar surface area (TPSA) is 0 Å². The number of aryl methyl sites for hydroxylation is 1. The molecule has 0 unspecified atom stereocenters. The van der Waals surface area contributed by atoms with Crippen LogP contribution in [0.4, 0.5) is 0 Å². The molecule has 0 radical (unpaired) electrons. The Labute approximate surface area is 171 Å². The monoisotopic (exact) mass is 405 g/mol. The summed E-state index contributed by atoms with van der Waals surface area (Å²) in [6, 6.07) is 20.5. The van der Waals surface area contributed by atoms with Crippen molar-refractivity contribution in [3.05, 3.63) is 65.7 Å². The van der Waals surface area contributed by atoms with E-state index in [2.05, 4.69) is 68.4 Å². The van der Waals surface area contributed by atoms with E-state index < -0.39 is 0 Å². The van der Waals surface area contributed by atoms with Crippen LogP contribution in [0, 0.1) is 12.3 Å². The van der Waals surface area contributed by atoms with E-state index in [1.54, 1.807) is 0 Å². The van der Waals surface area contributed by atoms with Gasteiger partial charge in [-0.15, -0.1) is 34.5 Å². The van der Waals surface area contributed by atoms with Gasteiger partial charge >= 0.3 is 0 Å². The van der Waals surface area contributed by atoms with Crippen LogP contribution in [0.15, 0.2) is 54.6 Å². The van der Waals surface area contributed by atoms with Crippen molar-refractivity contribution in [1.29, 1.82) is 0 Å². The number of hydrogen-bond acceptors (Lipinski definition) is 0. The van der Waals surface area contributed by atoms with Gasteiger partial charge < -0.3 is 0 Å². The van der Waals surface area contributed by atoms with Crippen molar-refractivity contribution in [3.63, 3.8) is 0 Å². The van der Waals surface area contributed by atoms with Gasteiger partial charge in [0.25, 0.3) is 0 Å². The predicted molar refractivity (Wildman–Crippen MR) is 105 cm³/mol. The normalized spacial score (nSPS) is 16.6. The minimum atomic E-state index is 0. The molecule has 1 aliphatic carbocycles. The predicted octanol–water partition coefficient (Wildman–Crippen LogP) is 7.04. The second kappa shape index (κ2) is 7.67. The molecule has 128 valence electrons. The molecular formula is C24H27Zr-. The van der Waals surface area contributed by atoms with E-state index in [0.29, 0.717) is 5.41 Å². The summed E-state index contributed by atoms with van der Waals surface area (Å²) < 4.78 is 0. The Kier molecular flexibility index (Phi) is 5.74. The summed E-state index contributed by atoms with van der Waals surface area (Å²) in [4.78, 5) is 0. The van der Waals surface area contributed by atoms with E-state index >= 15 is 0 Å². The average Bonchev–Trinajstić information content (AvgIpc) is 2.98. The van der Waals surface area contributed by atoms with Crippen LogP contribution in [0.3, 0.4) is 0 Å². The third kappa shape index (κ3) is 4.03. The van der Waals surface area contributed by atoms with Crippen molar-refractivity contribution in [1.82, 2.24) is 0 Å². The molecule has 0 N–H and O–H groups in total. The van der Waals surface area contributed by atoms with Crippen LogP contribution in [0.1, 0.15) is 50.2 Å². The molecule has 3 aromatic carbocycles. The van der Waals surface area contributed by atoms with Crippen LogP contribution in [-0.2, 0) is 32.6 Å². The molecule has 0 aromatic heterocycles. The molecular weight excluding hydrogens is 379 g/mol. The Bertz CT molecular complexity index is 832. The van der Waals surface area contributed by atoms with Crippen molar-refractivity contribution in [2.45, 2.75) is 52.4 Å². The molecule has 0 heterocycles. The van der Waals surface area contributed by atoms with E-state index in [-0.39, 0.29) is 26.2 Å². The zero-order chi connectivity index (χ0) is 16.6. The van der Waals surface area contributed by atoms with Gasteiger partial charge in [0.05, 0.1) is 0 Å². The van der Waals surface area contributed by atoms with Crippen molar-refractivity contribution in [2.24, 2.45) is 5.41 Å². The third-order valence-electron chi connectivity index (χ3n) is 5.86. The zero-order valence-corrected chi connectivity index (χ0v) is 17.9. The first-order valence-corrected chi connectivity index (χ1v) is 9.38. The molecule has 0 saturated heterocycles. The van der Waals surface area contributed by atoms with Crippen LogP contribution in [0.2, 0.25) is 0 Å². The summed E-state index contributed by atoms with van der Waals surface area (Å²) in [7, 11) is 0. The van der Waals surface area contributed by atoms with Gasteiger partial charge in [-0.25, -0.2) is 0 Å². The maximum atomic E-state index is 2.49. The molecule has 25 heavy (non-hydrogen) atoms. The Balaban J connectivity index is 0.00000182. The summed E-state index contributed by atoms with van der Waals surface area (Å²) in [5.74, 6) is 0. The minimum absolute atomic E-state index is 0. The molecule has 4 rings (SSSR count). The van der Waals surface area contributed by atoms with Gasteiger partial charge in [0.1, 0.15) is 0 Å². The van der Waals surface area contributed by atoms with E-state index in [1.807, 2.05) is 0 Å². The van der Waals surface area contributed by atoms with Crippen molar-refractivity contribution < 1.29 is 26.2 Å². The Morgan fingerprint density at radius 3 is 2.40 bits per heavy atom. The third-order valence-corrected chi connectivity index (χ3v) is 5.86. The molecule has 1 fully saturated rings. The first kappa shape index (κ1) is 18.7. The van der Waals surface area contributed by atoms with Crippen LogP contribution in [0.25, 0.3) is 21.9 Å². The van der Waals surface area contributed by atoms with E-state index in [1.165, 1.54) is 71.6 Å². The molecule has 1 saturated carbocycles. The summed E-state index contributed by atoms with van der Waals surface area (Å²) in [5, 5.41) is 2.80. The number of benzene rings is 2. The molecule has 0 nitrogen and oxygen atoms in total. The summed E-state index contributed by atoms with van der Waals surface area (Å²) in [5.41, 5.74) is 6.04. The van der Waals surface area contributed by atoms with Gasteiger partial charge in [-0.2, -0.15) is 6.07 Å². The number of rotatable bonds is 3. The smallest absolute Gasteiger partial charge is 0 e. The standard InChI is InChI=1S/C24H27.Zr/c1-18-9-11-20(12-10-18)22-8-6-7-21-15-19(16-23(21)22)17-24(2)13-4-3-5-14-24;/h6-12,15-16H,3-5,13-14,17H2,1-2H3;/q-1;. The fourth-order valence-corrected chi connectivity index (χ4v) is 4.46. The van der Waals surface area contributed by atoms with Gasteiger partial charge in [0.2, 0.25) is 0 Å². The van der Waals surface area contributed by atoms with E-state index in [4.69, 9.17) is 0 Å². The summed E-state index contributed by atoms with van der Waals surface area (Å²) >= 11 is 0. The average molecular weight is 407 g/mol. The second-order valence-electron chi connectivity index (χ2n) is 8.09. The number of hydrogen-bond donors (Lipinski definition) is 0. The molecule has 0 atom stereocenters. The molecule has 0 spiro atoms. The minimum Gasteiger partial charge on any atom is -0.164 e. The van der Waals surface area contributed by atoms with Crippen molar-refractivity contribution >= 4 is 10.8 Å². The zero-order valence-electron chi connectivity index (χ0n) is 15.4. The Morgan fingerprint density at radius 1 is 0.960 bits per heavy atom. The van der Waals surface area contributed by atoms with Crippen molar-refractivity contribution in [3.8, 4) is 11.1 Å². The Hall–Kier alpha value is -1.07. The van der Waals surface area contributed by atoms with Crippen molar-refractivity contribution in [2.75, 3.05) is 0 Å². The second-order valence-corrected chi connectivity index (χ2v) is 8.09. The first-order valence-electron chi connectivity index (χ1n) is 9.38. The molecule has 0 bridgehead atoms. The SMILES string of the molecule is Cc1ccc(-c2cccc3[cH-]c(CC4(C)CCCCC4)cc23)cc1.[Zr]. The maximum absolute atomic E-state index is 2.49. The summed E-state index contributed by atoms with van der Waals surface area (Å²) in [6.07, 6.45) is 8.25. The quantitative estimate of drug-likeness (QED) is 0.409. The Morgan fingerprint density at radius 2 is 1.68 bits per heavy atom. The van der Waals surface area contributed by atoms with Gasteiger partial charge in [0, 0.05) is 26.2 Å². The molecule has 3 aromatic rings. The van der Waals surface area contributed by atoms with Gasteiger partial charge in [-0.3, -0.25) is 0 Å². The molecule has 1 aliphatic rings. The maximum Gasteiger partial charge on any atom is 0 e. The van der Waals surface area contributed by atoms with E-state index in [9.17, 15) is 0 Å². The number of fused-ring (bicyclic) bond motifs is 1. The first-order chi connectivity index (χ1) is 11.6. The van der Waals surface area contributed by atoms with Gasteiger partial charge in [0.15, 0.2) is 0 Å². The van der Waals surface area contributed by atoms with Crippen LogP contribution < -0.4 is 0 Å². The summed E-state index contributed by atoms with van der Waals surface area (Å²) in [6.45, 7) is 4.64.